The number of rotatable bonds is 2. The van der Waals surface area contributed by atoms with E-state index in [2.05, 4.69) is 38.4 Å². The summed E-state index contributed by atoms with van der Waals surface area (Å²) in [5.74, 6) is 2.28. The van der Waals surface area contributed by atoms with E-state index in [0.717, 1.165) is 30.7 Å². The molecule has 0 aromatic heterocycles. The zero-order valence-corrected chi connectivity index (χ0v) is 13.7. The van der Waals surface area contributed by atoms with Crippen molar-refractivity contribution in [3.8, 4) is 0 Å². The van der Waals surface area contributed by atoms with Crippen molar-refractivity contribution < 1.29 is 0 Å². The molecule has 1 saturated heterocycles. The number of hydrogen-bond acceptors (Lipinski definition) is 2. The normalized spacial score (nSPS) is 45.6. The number of allylic oxidation sites excluding steroid dienone is 4. The molecule has 0 aromatic carbocycles. The number of nitrogens with one attached hydrogen (secondary N) is 1. The molecule has 2 aliphatic carbocycles. The summed E-state index contributed by atoms with van der Waals surface area (Å²) in [4.78, 5) is 4.84. The first-order chi connectivity index (χ1) is 10.2. The van der Waals surface area contributed by atoms with E-state index < -0.39 is 0 Å². The van der Waals surface area contributed by atoms with Crippen molar-refractivity contribution in [2.75, 3.05) is 6.54 Å². The van der Waals surface area contributed by atoms with E-state index >= 15 is 0 Å². The van der Waals surface area contributed by atoms with E-state index in [9.17, 15) is 0 Å². The topological polar surface area (TPSA) is 24.4 Å². The van der Waals surface area contributed by atoms with Crippen molar-refractivity contribution in [1.82, 2.24) is 5.32 Å². The first-order valence-electron chi connectivity index (χ1n) is 8.86. The zero-order chi connectivity index (χ0) is 14.6. The van der Waals surface area contributed by atoms with Gasteiger partial charge in [-0.2, -0.15) is 0 Å². The van der Waals surface area contributed by atoms with Crippen LogP contribution in [0.4, 0.5) is 0 Å². The van der Waals surface area contributed by atoms with Crippen LogP contribution < -0.4 is 5.32 Å². The molecule has 0 spiro atoms. The summed E-state index contributed by atoms with van der Waals surface area (Å²) in [5, 5.41) is 3.96. The van der Waals surface area contributed by atoms with Crippen molar-refractivity contribution in [3.63, 3.8) is 0 Å². The zero-order valence-electron chi connectivity index (χ0n) is 13.7. The molecule has 2 nitrogen and oxygen atoms in total. The Bertz CT molecular complexity index is 542. The SMILES string of the molecule is CCC1C2NC3=CC4=C(CC3C2C)CC1(CC)C/N=C\C4. The van der Waals surface area contributed by atoms with Crippen molar-refractivity contribution in [3.05, 3.63) is 22.9 Å². The molecule has 0 aromatic rings. The van der Waals surface area contributed by atoms with E-state index in [1.54, 1.807) is 11.1 Å². The Morgan fingerprint density at radius 1 is 1.38 bits per heavy atom. The predicted octanol–water partition coefficient (Wildman–Crippen LogP) is 4.10. The molecule has 5 atom stereocenters. The minimum atomic E-state index is 0.372. The molecule has 4 rings (SSSR count). The van der Waals surface area contributed by atoms with Gasteiger partial charge in [0.05, 0.1) is 0 Å². The molecule has 2 heterocycles. The van der Waals surface area contributed by atoms with Gasteiger partial charge in [0.15, 0.2) is 0 Å². The number of fused-ring (bicyclic) bond motifs is 2. The summed E-state index contributed by atoms with van der Waals surface area (Å²) in [7, 11) is 0. The quantitative estimate of drug-likeness (QED) is 0.811. The number of nitrogens with zero attached hydrogens (tertiary/aromatic N) is 1. The van der Waals surface area contributed by atoms with Crippen LogP contribution >= 0.6 is 0 Å². The average Bonchev–Trinajstić information content (AvgIpc) is 2.80. The van der Waals surface area contributed by atoms with Gasteiger partial charge >= 0.3 is 0 Å². The van der Waals surface area contributed by atoms with Crippen LogP contribution in [0.2, 0.25) is 0 Å². The molecule has 2 fully saturated rings. The predicted molar refractivity (Wildman–Crippen MR) is 88.4 cm³/mol. The second-order valence-electron chi connectivity index (χ2n) is 7.70. The minimum absolute atomic E-state index is 0.372. The third-order valence-corrected chi connectivity index (χ3v) is 6.96. The van der Waals surface area contributed by atoms with E-state index in [0.29, 0.717) is 11.5 Å². The average molecular weight is 284 g/mol. The molecule has 0 amide bonds. The lowest BCUT2D eigenvalue weighted by Gasteiger charge is -2.46. The van der Waals surface area contributed by atoms with Gasteiger partial charge in [-0.05, 0) is 48.2 Å². The molecule has 5 unspecified atom stereocenters. The molecule has 4 bridgehead atoms. The van der Waals surface area contributed by atoms with Gasteiger partial charge in [-0.1, -0.05) is 32.8 Å². The van der Waals surface area contributed by atoms with Gasteiger partial charge in [0.25, 0.3) is 0 Å². The Morgan fingerprint density at radius 2 is 2.24 bits per heavy atom. The second kappa shape index (κ2) is 4.72. The molecular formula is C19H28N2. The highest BCUT2D eigenvalue weighted by Crippen LogP contribution is 2.54. The number of hydrogen-bond donors (Lipinski definition) is 1. The first-order valence-corrected chi connectivity index (χ1v) is 8.86. The van der Waals surface area contributed by atoms with Crippen LogP contribution in [0.5, 0.6) is 0 Å². The molecule has 0 radical (unpaired) electrons. The molecule has 114 valence electrons. The van der Waals surface area contributed by atoms with Crippen LogP contribution in [0.15, 0.2) is 27.9 Å². The van der Waals surface area contributed by atoms with Crippen LogP contribution in [-0.2, 0) is 0 Å². The van der Waals surface area contributed by atoms with E-state index in [1.807, 2.05) is 0 Å². The summed E-state index contributed by atoms with van der Waals surface area (Å²) in [5.41, 5.74) is 5.23. The maximum absolute atomic E-state index is 4.84. The van der Waals surface area contributed by atoms with Crippen LogP contribution in [0.25, 0.3) is 0 Å². The van der Waals surface area contributed by atoms with E-state index in [-0.39, 0.29) is 0 Å². The lowest BCUT2D eigenvalue weighted by molar-refractivity contribution is 0.0902. The van der Waals surface area contributed by atoms with Gasteiger partial charge in [0, 0.05) is 36.8 Å². The molecule has 4 aliphatic rings. The fraction of sp³-hybridized carbons (Fsp3) is 0.737. The molecule has 1 saturated carbocycles. The maximum Gasteiger partial charge on any atom is 0.0448 e. The third-order valence-electron chi connectivity index (χ3n) is 6.96. The molecule has 2 aliphatic heterocycles. The van der Waals surface area contributed by atoms with Crippen molar-refractivity contribution in [2.45, 2.75) is 58.9 Å². The Hall–Kier alpha value is -1.05. The standard InChI is InChI=1S/C19H28N2/c1-4-16-18-12(3)15-8-14-10-19(16,5-2)11-20-7-6-13(14)9-17(15)21-18/h7,9,12,15-16,18,21H,4-6,8,10-11H2,1-3H3/b20-7-. The second-order valence-corrected chi connectivity index (χ2v) is 7.70. The van der Waals surface area contributed by atoms with Crippen LogP contribution in [-0.4, -0.2) is 18.8 Å². The summed E-state index contributed by atoms with van der Waals surface area (Å²) in [6.45, 7) is 8.29. The highest BCUT2D eigenvalue weighted by Gasteiger charge is 2.51. The largest absolute Gasteiger partial charge is 0.385 e. The highest BCUT2D eigenvalue weighted by atomic mass is 15.0. The summed E-state index contributed by atoms with van der Waals surface area (Å²) < 4.78 is 0. The molecular weight excluding hydrogens is 256 g/mol. The highest BCUT2D eigenvalue weighted by molar-refractivity contribution is 5.64. The van der Waals surface area contributed by atoms with Crippen molar-refractivity contribution in [1.29, 1.82) is 0 Å². The molecule has 2 heteroatoms. The van der Waals surface area contributed by atoms with Gasteiger partial charge in [-0.25, -0.2) is 0 Å². The van der Waals surface area contributed by atoms with Crippen molar-refractivity contribution in [2.24, 2.45) is 28.2 Å². The van der Waals surface area contributed by atoms with Gasteiger partial charge in [0.1, 0.15) is 0 Å². The van der Waals surface area contributed by atoms with Gasteiger partial charge in [0.2, 0.25) is 0 Å². The van der Waals surface area contributed by atoms with Gasteiger partial charge in [-0.3, -0.25) is 4.99 Å². The van der Waals surface area contributed by atoms with Crippen LogP contribution in [0.3, 0.4) is 0 Å². The fourth-order valence-corrected chi connectivity index (χ4v) is 5.66. The monoisotopic (exact) mass is 284 g/mol. The van der Waals surface area contributed by atoms with E-state index in [4.69, 9.17) is 4.99 Å². The number of aliphatic imine (C=N–C) groups is 1. The molecule has 21 heavy (non-hydrogen) atoms. The van der Waals surface area contributed by atoms with Crippen LogP contribution in [0.1, 0.15) is 52.9 Å². The lowest BCUT2D eigenvalue weighted by atomic mass is 9.59. The smallest absolute Gasteiger partial charge is 0.0448 e. The van der Waals surface area contributed by atoms with Gasteiger partial charge in [-0.15, -0.1) is 0 Å². The Morgan fingerprint density at radius 3 is 3.00 bits per heavy atom. The summed E-state index contributed by atoms with van der Waals surface area (Å²) in [6, 6.07) is 0.653. The summed E-state index contributed by atoms with van der Waals surface area (Å²) >= 11 is 0. The molecule has 1 N–H and O–H groups in total. The van der Waals surface area contributed by atoms with E-state index in [1.165, 1.54) is 31.4 Å². The Balaban J connectivity index is 1.91. The summed E-state index contributed by atoms with van der Waals surface area (Å²) in [6.07, 6.45) is 10.8. The first kappa shape index (κ1) is 13.6. The fourth-order valence-electron chi connectivity index (χ4n) is 5.66. The van der Waals surface area contributed by atoms with Crippen LogP contribution in [0, 0.1) is 23.2 Å². The third kappa shape index (κ3) is 1.80. The minimum Gasteiger partial charge on any atom is -0.385 e. The Labute approximate surface area is 128 Å². The van der Waals surface area contributed by atoms with Gasteiger partial charge < -0.3 is 5.32 Å². The lowest BCUT2D eigenvalue weighted by Crippen LogP contribution is -2.47. The maximum atomic E-state index is 4.84. The Kier molecular flexibility index (Phi) is 3.06. The van der Waals surface area contributed by atoms with Crippen molar-refractivity contribution >= 4 is 6.21 Å².